The third-order valence-corrected chi connectivity index (χ3v) is 4.40. The highest BCUT2D eigenvalue weighted by molar-refractivity contribution is 5.30. The lowest BCUT2D eigenvalue weighted by Gasteiger charge is -2.10. The van der Waals surface area contributed by atoms with Gasteiger partial charge in [0.2, 0.25) is 0 Å². The Morgan fingerprint density at radius 3 is 1.88 bits per heavy atom. The van der Waals surface area contributed by atoms with Gasteiger partial charge in [-0.2, -0.15) is 0 Å². The molecular formula is C23H25NO2. The zero-order valence-corrected chi connectivity index (χ0v) is 15.4. The van der Waals surface area contributed by atoms with Crippen LogP contribution in [0.5, 0.6) is 11.5 Å². The summed E-state index contributed by atoms with van der Waals surface area (Å²) in [5.74, 6) is 1.78. The van der Waals surface area contributed by atoms with Gasteiger partial charge in [-0.25, -0.2) is 0 Å². The van der Waals surface area contributed by atoms with Crippen LogP contribution in [0.2, 0.25) is 0 Å². The molecule has 0 fully saturated rings. The smallest absolute Gasteiger partial charge is 0.119 e. The van der Waals surface area contributed by atoms with E-state index in [1.807, 2.05) is 36.4 Å². The molecule has 3 heteroatoms. The lowest BCUT2D eigenvalue weighted by atomic mass is 10.1. The number of aryl methyl sites for hydroxylation is 1. The van der Waals surface area contributed by atoms with Crippen LogP contribution in [-0.4, -0.2) is 7.11 Å². The van der Waals surface area contributed by atoms with Crippen LogP contribution in [0.3, 0.4) is 0 Å². The van der Waals surface area contributed by atoms with Gasteiger partial charge in [0.15, 0.2) is 0 Å². The maximum Gasteiger partial charge on any atom is 0.119 e. The van der Waals surface area contributed by atoms with Gasteiger partial charge in [0.05, 0.1) is 7.11 Å². The van der Waals surface area contributed by atoms with E-state index in [9.17, 15) is 0 Å². The summed E-state index contributed by atoms with van der Waals surface area (Å²) in [5, 5.41) is 3.46. The third kappa shape index (κ3) is 5.11. The van der Waals surface area contributed by atoms with Crippen LogP contribution < -0.4 is 14.8 Å². The van der Waals surface area contributed by atoms with E-state index in [1.165, 1.54) is 22.3 Å². The van der Waals surface area contributed by atoms with Gasteiger partial charge in [0, 0.05) is 13.1 Å². The van der Waals surface area contributed by atoms with Crippen molar-refractivity contribution < 1.29 is 9.47 Å². The molecule has 3 aromatic carbocycles. The van der Waals surface area contributed by atoms with E-state index in [4.69, 9.17) is 9.47 Å². The Kier molecular flexibility index (Phi) is 6.29. The number of hydrogen-bond donors (Lipinski definition) is 1. The molecule has 0 saturated carbocycles. The lowest BCUT2D eigenvalue weighted by Crippen LogP contribution is -2.12. The van der Waals surface area contributed by atoms with Crippen LogP contribution in [-0.2, 0) is 19.7 Å². The zero-order valence-electron chi connectivity index (χ0n) is 15.4. The molecule has 0 atom stereocenters. The van der Waals surface area contributed by atoms with E-state index in [-0.39, 0.29) is 0 Å². The number of hydrogen-bond acceptors (Lipinski definition) is 3. The highest BCUT2D eigenvalue weighted by Crippen LogP contribution is 2.16. The fourth-order valence-electron chi connectivity index (χ4n) is 2.73. The molecule has 0 spiro atoms. The van der Waals surface area contributed by atoms with E-state index in [1.54, 1.807) is 7.11 Å². The second-order valence-corrected chi connectivity index (χ2v) is 6.31. The number of ether oxygens (including phenoxy) is 2. The average Bonchev–Trinajstić information content (AvgIpc) is 2.69. The lowest BCUT2D eigenvalue weighted by molar-refractivity contribution is 0.305. The molecule has 0 aromatic heterocycles. The predicted molar refractivity (Wildman–Crippen MR) is 105 cm³/mol. The molecule has 3 aromatic rings. The van der Waals surface area contributed by atoms with Crippen molar-refractivity contribution in [2.45, 2.75) is 26.6 Å². The Bertz CT molecular complexity index is 810. The summed E-state index contributed by atoms with van der Waals surface area (Å²) in [6.07, 6.45) is 0. The largest absolute Gasteiger partial charge is 0.497 e. The highest BCUT2D eigenvalue weighted by atomic mass is 16.5. The standard InChI is InChI=1S/C23H25NO2/c1-18-5-3-4-6-21(18)17-26-23-13-9-20(10-14-23)16-24-15-19-7-11-22(25-2)12-8-19/h3-14,24H,15-17H2,1-2H3. The second kappa shape index (κ2) is 9.07. The first-order valence-corrected chi connectivity index (χ1v) is 8.84. The topological polar surface area (TPSA) is 30.5 Å². The number of methoxy groups -OCH3 is 1. The summed E-state index contributed by atoms with van der Waals surface area (Å²) < 4.78 is 11.1. The van der Waals surface area contributed by atoms with Crippen LogP contribution in [0, 0.1) is 6.92 Å². The third-order valence-electron chi connectivity index (χ3n) is 4.40. The van der Waals surface area contributed by atoms with Gasteiger partial charge in [0.1, 0.15) is 18.1 Å². The molecule has 26 heavy (non-hydrogen) atoms. The Hall–Kier alpha value is -2.78. The molecule has 0 aliphatic rings. The SMILES string of the molecule is COc1ccc(CNCc2ccc(OCc3ccccc3C)cc2)cc1. The first kappa shape index (κ1) is 18.0. The number of benzene rings is 3. The number of nitrogens with one attached hydrogen (secondary N) is 1. The van der Waals surface area contributed by atoms with Gasteiger partial charge >= 0.3 is 0 Å². The summed E-state index contributed by atoms with van der Waals surface area (Å²) in [5.41, 5.74) is 4.95. The van der Waals surface area contributed by atoms with Gasteiger partial charge in [-0.1, -0.05) is 48.5 Å². The maximum atomic E-state index is 5.89. The summed E-state index contributed by atoms with van der Waals surface area (Å²) in [7, 11) is 1.68. The average molecular weight is 347 g/mol. The first-order chi connectivity index (χ1) is 12.7. The van der Waals surface area contributed by atoms with Crippen molar-refractivity contribution in [1.82, 2.24) is 5.32 Å². The zero-order chi connectivity index (χ0) is 18.2. The Morgan fingerprint density at radius 2 is 1.31 bits per heavy atom. The normalized spacial score (nSPS) is 10.5. The van der Waals surface area contributed by atoms with Crippen molar-refractivity contribution in [2.75, 3.05) is 7.11 Å². The van der Waals surface area contributed by atoms with Gasteiger partial charge in [-0.15, -0.1) is 0 Å². The van der Waals surface area contributed by atoms with E-state index >= 15 is 0 Å². The van der Waals surface area contributed by atoms with Crippen LogP contribution >= 0.6 is 0 Å². The molecule has 3 rings (SSSR count). The van der Waals surface area contributed by atoms with Crippen LogP contribution in [0.1, 0.15) is 22.3 Å². The van der Waals surface area contributed by atoms with Gasteiger partial charge in [-0.3, -0.25) is 0 Å². The molecule has 134 valence electrons. The van der Waals surface area contributed by atoms with Crippen LogP contribution in [0.25, 0.3) is 0 Å². The Labute approximate surface area is 155 Å². The minimum absolute atomic E-state index is 0.599. The van der Waals surface area contributed by atoms with Crippen LogP contribution in [0.4, 0.5) is 0 Å². The second-order valence-electron chi connectivity index (χ2n) is 6.31. The molecule has 0 amide bonds. The van der Waals surface area contributed by atoms with Gasteiger partial charge in [-0.05, 0) is 53.4 Å². The van der Waals surface area contributed by atoms with E-state index in [0.717, 1.165) is 24.6 Å². The molecule has 0 aliphatic carbocycles. The molecule has 0 aliphatic heterocycles. The summed E-state index contributed by atoms with van der Waals surface area (Å²) >= 11 is 0. The fourth-order valence-corrected chi connectivity index (χ4v) is 2.73. The fraction of sp³-hybridized carbons (Fsp3) is 0.217. The molecular weight excluding hydrogens is 322 g/mol. The van der Waals surface area contributed by atoms with Crippen molar-refractivity contribution >= 4 is 0 Å². The van der Waals surface area contributed by atoms with E-state index < -0.39 is 0 Å². The van der Waals surface area contributed by atoms with Gasteiger partial charge in [0.25, 0.3) is 0 Å². The van der Waals surface area contributed by atoms with Gasteiger partial charge < -0.3 is 14.8 Å². The molecule has 3 nitrogen and oxygen atoms in total. The number of rotatable bonds is 8. The van der Waals surface area contributed by atoms with Crippen molar-refractivity contribution in [3.05, 3.63) is 95.1 Å². The summed E-state index contributed by atoms with van der Waals surface area (Å²) in [6, 6.07) is 24.7. The maximum absolute atomic E-state index is 5.89. The summed E-state index contributed by atoms with van der Waals surface area (Å²) in [6.45, 7) is 4.36. The molecule has 0 unspecified atom stereocenters. The quantitative estimate of drug-likeness (QED) is 0.630. The minimum atomic E-state index is 0.599. The Balaban J connectivity index is 1.46. The van der Waals surface area contributed by atoms with Crippen molar-refractivity contribution in [1.29, 1.82) is 0 Å². The molecule has 0 heterocycles. The molecule has 0 saturated heterocycles. The van der Waals surface area contributed by atoms with Crippen molar-refractivity contribution in [3.8, 4) is 11.5 Å². The summed E-state index contributed by atoms with van der Waals surface area (Å²) in [4.78, 5) is 0. The predicted octanol–water partition coefficient (Wildman–Crippen LogP) is 4.87. The molecule has 0 bridgehead atoms. The molecule has 0 radical (unpaired) electrons. The first-order valence-electron chi connectivity index (χ1n) is 8.84. The highest BCUT2D eigenvalue weighted by Gasteiger charge is 2.00. The Morgan fingerprint density at radius 1 is 0.731 bits per heavy atom. The minimum Gasteiger partial charge on any atom is -0.497 e. The van der Waals surface area contributed by atoms with Crippen molar-refractivity contribution in [2.24, 2.45) is 0 Å². The molecule has 1 N–H and O–H groups in total. The van der Waals surface area contributed by atoms with Crippen LogP contribution in [0.15, 0.2) is 72.8 Å². The van der Waals surface area contributed by atoms with E-state index in [2.05, 4.69) is 48.6 Å². The monoisotopic (exact) mass is 347 g/mol. The van der Waals surface area contributed by atoms with E-state index in [0.29, 0.717) is 6.61 Å². The van der Waals surface area contributed by atoms with Crippen molar-refractivity contribution in [3.63, 3.8) is 0 Å².